The first-order valence-electron chi connectivity index (χ1n) is 3.41. The van der Waals surface area contributed by atoms with E-state index in [2.05, 4.69) is 4.99 Å². The van der Waals surface area contributed by atoms with Crippen LogP contribution >= 0.6 is 11.8 Å². The van der Waals surface area contributed by atoms with Gasteiger partial charge in [0, 0.05) is 11.9 Å². The molecular formula is C8H12N2OS. The molecule has 0 saturated carbocycles. The Bertz CT molecular complexity index is 243. The molecule has 0 aliphatic rings. The van der Waals surface area contributed by atoms with Crippen LogP contribution in [0.1, 0.15) is 13.8 Å². The number of rotatable bonds is 3. The second-order valence-corrected chi connectivity index (χ2v) is 3.18. The Hall–Kier alpha value is -0.900. The lowest BCUT2D eigenvalue weighted by molar-refractivity contribution is -0.104. The van der Waals surface area contributed by atoms with Gasteiger partial charge in [0.15, 0.2) is 6.29 Å². The molecule has 4 heteroatoms. The maximum atomic E-state index is 10.4. The van der Waals surface area contributed by atoms with Crippen LogP contribution in [0, 0.1) is 5.41 Å². The molecular weight excluding hydrogens is 172 g/mol. The number of aldehydes is 1. The highest BCUT2D eigenvalue weighted by Gasteiger charge is 1.95. The fourth-order valence-electron chi connectivity index (χ4n) is 0.429. The van der Waals surface area contributed by atoms with Crippen LogP contribution in [0.25, 0.3) is 0 Å². The van der Waals surface area contributed by atoms with Crippen LogP contribution in [0.3, 0.4) is 0 Å². The molecule has 0 aromatic heterocycles. The first-order chi connectivity index (χ1) is 5.61. The van der Waals surface area contributed by atoms with E-state index in [0.717, 1.165) is 5.04 Å². The predicted octanol–water partition coefficient (Wildman–Crippen LogP) is 1.89. The van der Waals surface area contributed by atoms with Crippen molar-refractivity contribution < 1.29 is 4.79 Å². The molecule has 66 valence electrons. The Balaban J connectivity index is 4.51. The predicted molar refractivity (Wildman–Crippen MR) is 54.2 cm³/mol. The van der Waals surface area contributed by atoms with Crippen LogP contribution in [0.2, 0.25) is 0 Å². The standard InChI is InChI=1S/C8H12N2OS/c1-6(9)8(5-11)4-10-7(2)12-3/h4-5,9H,1-3H3/b8-4-,9-6?,10-7+. The van der Waals surface area contributed by atoms with Crippen LogP contribution in [0.15, 0.2) is 16.8 Å². The number of aliphatic imine (C=N–C) groups is 1. The lowest BCUT2D eigenvalue weighted by atomic mass is 10.2. The number of hydrogen-bond donors (Lipinski definition) is 1. The molecule has 0 aromatic rings. The van der Waals surface area contributed by atoms with E-state index in [1.54, 1.807) is 6.92 Å². The van der Waals surface area contributed by atoms with Gasteiger partial charge < -0.3 is 5.41 Å². The molecule has 0 unspecified atom stereocenters. The number of allylic oxidation sites excluding steroid dienone is 1. The zero-order chi connectivity index (χ0) is 9.56. The molecule has 3 nitrogen and oxygen atoms in total. The normalized spacial score (nSPS) is 12.9. The highest BCUT2D eigenvalue weighted by Crippen LogP contribution is 1.99. The van der Waals surface area contributed by atoms with Gasteiger partial charge in [0.05, 0.1) is 10.6 Å². The maximum absolute atomic E-state index is 10.4. The Morgan fingerprint density at radius 3 is 2.42 bits per heavy atom. The quantitative estimate of drug-likeness (QED) is 0.315. The molecule has 0 aliphatic heterocycles. The van der Waals surface area contributed by atoms with Gasteiger partial charge >= 0.3 is 0 Å². The Morgan fingerprint density at radius 2 is 2.08 bits per heavy atom. The minimum absolute atomic E-state index is 0.239. The molecule has 0 radical (unpaired) electrons. The zero-order valence-corrected chi connectivity index (χ0v) is 8.23. The van der Waals surface area contributed by atoms with Crippen molar-refractivity contribution in [2.45, 2.75) is 13.8 Å². The van der Waals surface area contributed by atoms with Crippen LogP contribution < -0.4 is 0 Å². The van der Waals surface area contributed by atoms with Gasteiger partial charge in [-0.25, -0.2) is 0 Å². The van der Waals surface area contributed by atoms with Crippen molar-refractivity contribution in [3.05, 3.63) is 11.8 Å². The van der Waals surface area contributed by atoms with Crippen molar-refractivity contribution in [2.75, 3.05) is 6.26 Å². The van der Waals surface area contributed by atoms with Gasteiger partial charge in [-0.05, 0) is 20.1 Å². The highest BCUT2D eigenvalue weighted by atomic mass is 32.2. The van der Waals surface area contributed by atoms with E-state index in [9.17, 15) is 4.79 Å². The monoisotopic (exact) mass is 184 g/mol. The van der Waals surface area contributed by atoms with Gasteiger partial charge in [0.2, 0.25) is 0 Å². The third kappa shape index (κ3) is 4.08. The topological polar surface area (TPSA) is 53.3 Å². The van der Waals surface area contributed by atoms with Gasteiger partial charge in [0.25, 0.3) is 0 Å². The number of nitrogens with one attached hydrogen (secondary N) is 1. The maximum Gasteiger partial charge on any atom is 0.153 e. The number of nitrogens with zero attached hydrogens (tertiary/aromatic N) is 1. The molecule has 0 fully saturated rings. The fourth-order valence-corrected chi connectivity index (χ4v) is 0.587. The zero-order valence-electron chi connectivity index (χ0n) is 7.42. The van der Waals surface area contributed by atoms with Crippen molar-refractivity contribution in [3.8, 4) is 0 Å². The van der Waals surface area contributed by atoms with Gasteiger partial charge in [-0.1, -0.05) is 0 Å². The summed E-state index contributed by atoms with van der Waals surface area (Å²) in [6.07, 6.45) is 3.96. The summed E-state index contributed by atoms with van der Waals surface area (Å²) < 4.78 is 0. The largest absolute Gasteiger partial charge is 0.305 e. The summed E-state index contributed by atoms with van der Waals surface area (Å²) in [6, 6.07) is 0. The second kappa shape index (κ2) is 5.71. The van der Waals surface area contributed by atoms with E-state index >= 15 is 0 Å². The molecule has 0 spiro atoms. The molecule has 0 bridgehead atoms. The number of carbonyl (C=O) groups is 1. The molecule has 0 saturated heterocycles. The lowest BCUT2D eigenvalue weighted by Gasteiger charge is -1.93. The third-order valence-corrected chi connectivity index (χ3v) is 1.94. The van der Waals surface area contributed by atoms with Crippen LogP contribution in [0.5, 0.6) is 0 Å². The molecule has 0 aliphatic carbocycles. The van der Waals surface area contributed by atoms with Crippen molar-refractivity contribution in [1.82, 2.24) is 0 Å². The summed E-state index contributed by atoms with van der Waals surface area (Å²) in [7, 11) is 0. The highest BCUT2D eigenvalue weighted by molar-refractivity contribution is 8.13. The summed E-state index contributed by atoms with van der Waals surface area (Å²) in [4.78, 5) is 14.3. The van der Waals surface area contributed by atoms with E-state index in [1.807, 2.05) is 13.2 Å². The fraction of sp³-hybridized carbons (Fsp3) is 0.375. The molecule has 0 rings (SSSR count). The minimum atomic E-state index is 0.239. The van der Waals surface area contributed by atoms with Gasteiger partial charge in [-0.2, -0.15) is 0 Å². The first-order valence-corrected chi connectivity index (χ1v) is 4.63. The Kier molecular flexibility index (Phi) is 5.28. The number of carbonyl (C=O) groups excluding carboxylic acids is 1. The summed E-state index contributed by atoms with van der Waals surface area (Å²) in [5, 5.41) is 8.05. The minimum Gasteiger partial charge on any atom is -0.305 e. The summed E-state index contributed by atoms with van der Waals surface area (Å²) in [5.41, 5.74) is 0.561. The van der Waals surface area contributed by atoms with Gasteiger partial charge in [0.1, 0.15) is 0 Å². The SMILES string of the molecule is CS/C(C)=N/C=C(/C=O)C(C)=N. The molecule has 12 heavy (non-hydrogen) atoms. The molecule has 1 N–H and O–H groups in total. The smallest absolute Gasteiger partial charge is 0.153 e. The van der Waals surface area contributed by atoms with Crippen LogP contribution in [0.4, 0.5) is 0 Å². The summed E-state index contributed by atoms with van der Waals surface area (Å²) >= 11 is 1.51. The van der Waals surface area contributed by atoms with Crippen molar-refractivity contribution in [2.24, 2.45) is 4.99 Å². The van der Waals surface area contributed by atoms with E-state index in [1.165, 1.54) is 18.0 Å². The van der Waals surface area contributed by atoms with Crippen molar-refractivity contribution in [1.29, 1.82) is 5.41 Å². The average molecular weight is 184 g/mol. The molecule has 0 aromatic carbocycles. The van der Waals surface area contributed by atoms with E-state index in [-0.39, 0.29) is 5.71 Å². The Morgan fingerprint density at radius 1 is 1.50 bits per heavy atom. The average Bonchev–Trinajstić information content (AvgIpc) is 2.04. The van der Waals surface area contributed by atoms with Gasteiger partial charge in [-0.15, -0.1) is 11.8 Å². The van der Waals surface area contributed by atoms with Crippen molar-refractivity contribution >= 4 is 28.8 Å². The molecule has 0 atom stereocenters. The second-order valence-electron chi connectivity index (χ2n) is 2.18. The lowest BCUT2D eigenvalue weighted by Crippen LogP contribution is -1.96. The first kappa shape index (κ1) is 11.1. The number of hydrogen-bond acceptors (Lipinski definition) is 4. The number of thioether (sulfide) groups is 1. The van der Waals surface area contributed by atoms with E-state index in [4.69, 9.17) is 5.41 Å². The van der Waals surface area contributed by atoms with E-state index < -0.39 is 0 Å². The molecule has 0 amide bonds. The van der Waals surface area contributed by atoms with Crippen molar-refractivity contribution in [3.63, 3.8) is 0 Å². The summed E-state index contributed by atoms with van der Waals surface area (Å²) in [5.74, 6) is 0. The molecule has 0 heterocycles. The Labute approximate surface area is 76.5 Å². The van der Waals surface area contributed by atoms with E-state index in [0.29, 0.717) is 11.9 Å². The third-order valence-electron chi connectivity index (χ3n) is 1.24. The van der Waals surface area contributed by atoms with Gasteiger partial charge in [-0.3, -0.25) is 9.79 Å². The van der Waals surface area contributed by atoms with Crippen LogP contribution in [-0.4, -0.2) is 23.3 Å². The van der Waals surface area contributed by atoms with Crippen LogP contribution in [-0.2, 0) is 4.79 Å². The summed E-state index contributed by atoms with van der Waals surface area (Å²) in [6.45, 7) is 3.41.